The van der Waals surface area contributed by atoms with Crippen LogP contribution in [0.15, 0.2) is 97.1 Å². The van der Waals surface area contributed by atoms with Gasteiger partial charge in [0.1, 0.15) is 11.2 Å². The van der Waals surface area contributed by atoms with Crippen molar-refractivity contribution in [2.24, 2.45) is 5.73 Å². The fraction of sp³-hybridized carbons (Fsp3) is 0.179. The van der Waals surface area contributed by atoms with Gasteiger partial charge in [-0.2, -0.15) is 10.2 Å². The topological polar surface area (TPSA) is 180 Å². The quantitative estimate of drug-likeness (QED) is 0.143. The van der Waals surface area contributed by atoms with Crippen molar-refractivity contribution < 1.29 is 24.5 Å². The van der Waals surface area contributed by atoms with E-state index in [9.17, 15) is 19.8 Å². The molecular formula is C39H38N6O5. The number of nitrogens with two attached hydrogens (primary N) is 1. The Balaban J connectivity index is 0.000000220. The monoisotopic (exact) mass is 670 g/mol. The first-order chi connectivity index (χ1) is 23.2. The third-order valence-corrected chi connectivity index (χ3v) is 6.99. The molecule has 4 aromatic carbocycles. The molecule has 0 atom stereocenters. The van der Waals surface area contributed by atoms with Crippen LogP contribution < -0.4 is 11.9 Å². The van der Waals surface area contributed by atoms with Crippen LogP contribution in [0.3, 0.4) is 0 Å². The lowest BCUT2D eigenvalue weighted by Gasteiger charge is -2.07. The van der Waals surface area contributed by atoms with E-state index in [4.69, 9.17) is 10.5 Å². The summed E-state index contributed by atoms with van der Waals surface area (Å²) in [6.07, 6.45) is 0. The molecule has 0 saturated heterocycles. The number of aliphatic hydroxyl groups is 2. The summed E-state index contributed by atoms with van der Waals surface area (Å²) < 4.78 is 8.19. The van der Waals surface area contributed by atoms with Gasteiger partial charge in [0.25, 0.3) is 5.91 Å². The van der Waals surface area contributed by atoms with Gasteiger partial charge in [-0.05, 0) is 76.2 Å². The van der Waals surface area contributed by atoms with Crippen molar-refractivity contribution in [1.29, 1.82) is 0 Å². The number of primary amides is 1. The minimum absolute atomic E-state index is 0. The molecule has 50 heavy (non-hydrogen) atoms. The number of hydrogen-bond donors (Lipinski definition) is 4. The second kappa shape index (κ2) is 14.9. The zero-order valence-electron chi connectivity index (χ0n) is 28.4. The molecule has 0 unspecified atom stereocenters. The molecule has 0 aliphatic rings. The van der Waals surface area contributed by atoms with Crippen LogP contribution in [0.2, 0.25) is 0 Å². The van der Waals surface area contributed by atoms with E-state index in [0.717, 1.165) is 38.9 Å². The largest absolute Gasteiger partial charge is 0.464 e. The van der Waals surface area contributed by atoms with E-state index in [1.807, 2.05) is 97.1 Å². The molecule has 1 amide bonds. The molecule has 0 aliphatic heterocycles. The van der Waals surface area contributed by atoms with Gasteiger partial charge in [-0.1, -0.05) is 72.2 Å². The van der Waals surface area contributed by atoms with Crippen LogP contribution in [-0.2, 0) is 4.74 Å². The minimum Gasteiger partial charge on any atom is -0.464 e. The van der Waals surface area contributed by atoms with Gasteiger partial charge in [0.15, 0.2) is 11.4 Å². The van der Waals surface area contributed by atoms with Crippen molar-refractivity contribution in [1.82, 2.24) is 25.7 Å². The molecule has 6 aromatic rings. The zero-order chi connectivity index (χ0) is 35.3. The van der Waals surface area contributed by atoms with Crippen molar-refractivity contribution in [3.8, 4) is 35.1 Å². The standard InChI is InChI=1S/C20H18N2O3.C19H17N3O2.H3N/c1-20(2,24)12-11-14-7-6-8-15(13-14)22-17-10-5-4-9-16(17)18(21-22)19(23)25-3;1-19(2,24)11-10-13-6-5-7-14(12-13)22-16-9-4-3-8-15(16)17(21-22)18(20)23;/h4-10,13,24H,1-3H3;3-9,12,24H,1-2H3,(H2,20,23);1H3. The van der Waals surface area contributed by atoms with Crippen LogP contribution in [-0.4, -0.2) is 60.0 Å². The number of fused-ring (bicyclic) bond motifs is 2. The van der Waals surface area contributed by atoms with Gasteiger partial charge < -0.3 is 26.8 Å². The molecule has 6 rings (SSSR count). The summed E-state index contributed by atoms with van der Waals surface area (Å²) in [5.41, 5.74) is 8.43. The number of esters is 1. The molecule has 0 fully saturated rings. The molecule has 11 heteroatoms. The SMILES string of the molecule is CC(C)(O)C#Cc1cccc(-n2nc(C(N)=O)c3ccccc32)c1.COC(=O)c1nn(-c2cccc(C#CC(C)(C)O)c2)c2ccccc12.N. The fourth-order valence-electron chi connectivity index (χ4n) is 4.84. The van der Waals surface area contributed by atoms with Gasteiger partial charge in [0.05, 0.1) is 29.5 Å². The Morgan fingerprint density at radius 2 is 1.10 bits per heavy atom. The number of hydrogen-bond acceptors (Lipinski definition) is 8. The van der Waals surface area contributed by atoms with E-state index in [2.05, 4.69) is 33.9 Å². The summed E-state index contributed by atoms with van der Waals surface area (Å²) >= 11 is 0. The van der Waals surface area contributed by atoms with Crippen molar-refractivity contribution in [3.05, 3.63) is 120 Å². The molecule has 0 spiro atoms. The van der Waals surface area contributed by atoms with E-state index in [1.165, 1.54) is 7.11 Å². The van der Waals surface area contributed by atoms with Gasteiger partial charge in [-0.15, -0.1) is 0 Å². The highest BCUT2D eigenvalue weighted by atomic mass is 16.5. The molecule has 254 valence electrons. The molecule has 0 saturated carbocycles. The highest BCUT2D eigenvalue weighted by molar-refractivity contribution is 6.04. The van der Waals surface area contributed by atoms with Crippen LogP contribution >= 0.6 is 0 Å². The minimum atomic E-state index is -1.06. The number of methoxy groups -OCH3 is 1. The highest BCUT2D eigenvalue weighted by Gasteiger charge is 2.19. The number of aromatic nitrogens is 4. The summed E-state index contributed by atoms with van der Waals surface area (Å²) in [6, 6.07) is 29.8. The number of carbonyl (C=O) groups is 2. The van der Waals surface area contributed by atoms with Gasteiger partial charge in [0, 0.05) is 21.9 Å². The van der Waals surface area contributed by atoms with Crippen LogP contribution in [0.25, 0.3) is 33.2 Å². The average Bonchev–Trinajstić information content (AvgIpc) is 3.66. The number of rotatable bonds is 4. The van der Waals surface area contributed by atoms with Crippen molar-refractivity contribution in [2.45, 2.75) is 38.9 Å². The highest BCUT2D eigenvalue weighted by Crippen LogP contribution is 2.24. The maximum Gasteiger partial charge on any atom is 0.359 e. The van der Waals surface area contributed by atoms with E-state index in [1.54, 1.807) is 37.1 Å². The Morgan fingerprint density at radius 1 is 0.680 bits per heavy atom. The van der Waals surface area contributed by atoms with Crippen molar-refractivity contribution >= 4 is 33.7 Å². The maximum atomic E-state index is 12.0. The lowest BCUT2D eigenvalue weighted by atomic mass is 10.1. The van der Waals surface area contributed by atoms with Crippen LogP contribution in [0.5, 0.6) is 0 Å². The normalized spacial score (nSPS) is 10.9. The van der Waals surface area contributed by atoms with Gasteiger partial charge in [-0.3, -0.25) is 4.79 Å². The summed E-state index contributed by atoms with van der Waals surface area (Å²) in [6.45, 7) is 6.52. The Bertz CT molecular complexity index is 2320. The molecule has 2 aromatic heterocycles. The van der Waals surface area contributed by atoms with E-state index < -0.39 is 23.1 Å². The summed E-state index contributed by atoms with van der Waals surface area (Å²) in [5.74, 6) is 10.4. The molecule has 2 heterocycles. The number of ether oxygens (including phenoxy) is 1. The van der Waals surface area contributed by atoms with Crippen molar-refractivity contribution in [3.63, 3.8) is 0 Å². The Labute approximate surface area is 289 Å². The van der Waals surface area contributed by atoms with Crippen molar-refractivity contribution in [2.75, 3.05) is 7.11 Å². The number of carbonyl (C=O) groups excluding carboxylic acids is 2. The lowest BCUT2D eigenvalue weighted by Crippen LogP contribution is -2.14. The molecule has 11 nitrogen and oxygen atoms in total. The maximum absolute atomic E-state index is 12.0. The first-order valence-electron chi connectivity index (χ1n) is 15.3. The molecular weight excluding hydrogens is 632 g/mol. The van der Waals surface area contributed by atoms with E-state index in [0.29, 0.717) is 5.39 Å². The summed E-state index contributed by atoms with van der Waals surface area (Å²) in [4.78, 5) is 23.6. The zero-order valence-corrected chi connectivity index (χ0v) is 28.4. The predicted molar refractivity (Wildman–Crippen MR) is 193 cm³/mol. The van der Waals surface area contributed by atoms with E-state index >= 15 is 0 Å². The number of benzene rings is 4. The number of para-hydroxylation sites is 2. The van der Waals surface area contributed by atoms with Gasteiger partial charge in [0.2, 0.25) is 0 Å². The third-order valence-electron chi connectivity index (χ3n) is 6.99. The van der Waals surface area contributed by atoms with Crippen LogP contribution in [0.4, 0.5) is 0 Å². The Hall–Kier alpha value is -6.24. The molecule has 7 N–H and O–H groups in total. The predicted octanol–water partition coefficient (Wildman–Crippen LogP) is 5.34. The number of nitrogens with zero attached hydrogens (tertiary/aromatic N) is 4. The molecule has 0 aliphatic carbocycles. The van der Waals surface area contributed by atoms with Crippen LogP contribution in [0, 0.1) is 23.7 Å². The Morgan fingerprint density at radius 3 is 1.52 bits per heavy atom. The fourth-order valence-corrected chi connectivity index (χ4v) is 4.84. The summed E-state index contributed by atoms with van der Waals surface area (Å²) in [5, 5.41) is 29.7. The van der Waals surface area contributed by atoms with Crippen LogP contribution in [0.1, 0.15) is 59.8 Å². The third kappa shape index (κ3) is 8.61. The first-order valence-corrected chi connectivity index (χ1v) is 15.3. The van der Waals surface area contributed by atoms with E-state index in [-0.39, 0.29) is 17.5 Å². The second-order valence-electron chi connectivity index (χ2n) is 12.1. The molecule has 0 radical (unpaired) electrons. The van der Waals surface area contributed by atoms with Gasteiger partial charge >= 0.3 is 5.97 Å². The second-order valence-corrected chi connectivity index (χ2v) is 12.1. The molecule has 0 bridgehead atoms. The Kier molecular flexibility index (Phi) is 10.9. The smallest absolute Gasteiger partial charge is 0.359 e. The average molecular weight is 671 g/mol. The number of amides is 1. The summed E-state index contributed by atoms with van der Waals surface area (Å²) in [7, 11) is 1.34. The first kappa shape index (κ1) is 36.6. The lowest BCUT2D eigenvalue weighted by molar-refractivity contribution is 0.0595. The van der Waals surface area contributed by atoms with Gasteiger partial charge in [-0.25, -0.2) is 14.2 Å².